The largest absolute Gasteiger partial charge is 1.00 e. The summed E-state index contributed by atoms with van der Waals surface area (Å²) in [7, 11) is -8.47. The van der Waals surface area contributed by atoms with Crippen molar-refractivity contribution < 1.29 is 60.1 Å². The molecule has 0 aromatic carbocycles. The second-order valence-electron chi connectivity index (χ2n) is 8.65. The van der Waals surface area contributed by atoms with Gasteiger partial charge in [-0.05, 0) is 48.9 Å². The van der Waals surface area contributed by atoms with Gasteiger partial charge < -0.3 is 14.0 Å². The smallest absolute Gasteiger partial charge is 0.748 e. The summed E-state index contributed by atoms with van der Waals surface area (Å²) in [5.74, 6) is -0.0847. The van der Waals surface area contributed by atoms with Gasteiger partial charge in [-0.15, -0.1) is 11.3 Å². The van der Waals surface area contributed by atoms with Crippen LogP contribution in [-0.2, 0) is 26.8 Å². The molecule has 0 radical (unpaired) electrons. The molecular weight excluding hydrogens is 650 g/mol. The zero-order valence-electron chi connectivity index (χ0n) is 21.3. The number of thiazole rings is 2. The van der Waals surface area contributed by atoms with E-state index in [1.807, 2.05) is 39.8 Å². The fourth-order valence-corrected chi connectivity index (χ4v) is 7.43. The van der Waals surface area contributed by atoms with Crippen LogP contribution in [0.2, 0.25) is 5.02 Å². The molecule has 3 aromatic heterocycles. The molecule has 0 bridgehead atoms. The molecule has 0 spiro atoms. The van der Waals surface area contributed by atoms with Crippen LogP contribution in [0, 0.1) is 0 Å². The first-order valence-corrected chi connectivity index (χ1v) is 17.3. The average molecular weight is 674 g/mol. The van der Waals surface area contributed by atoms with E-state index in [-0.39, 0.29) is 42.4 Å². The van der Waals surface area contributed by atoms with Crippen LogP contribution < -0.4 is 48.2 Å². The van der Waals surface area contributed by atoms with E-state index >= 15 is 0 Å². The van der Waals surface area contributed by atoms with Crippen molar-refractivity contribution in [3.63, 3.8) is 0 Å². The summed E-state index contributed by atoms with van der Waals surface area (Å²) in [6.45, 7) is 0.957. The summed E-state index contributed by atoms with van der Waals surface area (Å²) >= 11 is 15.4. The number of nitrogens with zero attached hydrogens (tertiary/aromatic N) is 4. The van der Waals surface area contributed by atoms with Crippen LogP contribution in [0.25, 0.3) is 28.6 Å². The van der Waals surface area contributed by atoms with Gasteiger partial charge in [-0.1, -0.05) is 40.6 Å². The summed E-state index contributed by atoms with van der Waals surface area (Å²) < 4.78 is 69.4. The Morgan fingerprint density at radius 3 is 2.40 bits per heavy atom. The monoisotopic (exact) mass is 672 g/mol. The molecule has 0 saturated heterocycles. The van der Waals surface area contributed by atoms with Crippen molar-refractivity contribution >= 4 is 101 Å². The fraction of sp³-hybridized carbons (Fsp3) is 0.348. The SMILES string of the molecule is O=S(=O)([O-])CCCCN1C=C(Cl)C=c2s/c(=C\C=C\c3nc4c(cc(Cl)c[n+]4CCCCS(=O)(=O)[O-])s3)nc21.[Na+]. The molecule has 1 aliphatic rings. The van der Waals surface area contributed by atoms with E-state index in [0.717, 1.165) is 30.4 Å². The van der Waals surface area contributed by atoms with E-state index in [1.165, 1.54) is 22.7 Å². The number of allylic oxidation sites excluding steroid dienone is 2. The minimum absolute atomic E-state index is 0. The van der Waals surface area contributed by atoms with E-state index in [9.17, 15) is 25.9 Å². The molecule has 0 aliphatic carbocycles. The molecule has 210 valence electrons. The van der Waals surface area contributed by atoms with Crippen molar-refractivity contribution in [2.24, 2.45) is 0 Å². The molecule has 0 amide bonds. The Hall–Kier alpha value is -0.910. The Kier molecular flexibility index (Phi) is 12.2. The number of hydrogen-bond donors (Lipinski definition) is 0. The number of pyridine rings is 1. The van der Waals surface area contributed by atoms with Crippen molar-refractivity contribution in [3.8, 4) is 0 Å². The minimum Gasteiger partial charge on any atom is -0.748 e. The van der Waals surface area contributed by atoms with Gasteiger partial charge in [0.05, 0.1) is 41.4 Å². The Morgan fingerprint density at radius 2 is 1.70 bits per heavy atom. The number of aryl methyl sites for hydroxylation is 1. The maximum Gasteiger partial charge on any atom is 1.00 e. The van der Waals surface area contributed by atoms with Crippen LogP contribution in [0.4, 0.5) is 5.82 Å². The number of rotatable bonds is 12. The predicted molar refractivity (Wildman–Crippen MR) is 153 cm³/mol. The second kappa shape index (κ2) is 14.5. The topological polar surface area (TPSA) is 147 Å². The zero-order chi connectivity index (χ0) is 28.2. The molecule has 10 nitrogen and oxygen atoms in total. The summed E-state index contributed by atoms with van der Waals surface area (Å²) in [4.78, 5) is 11.2. The first-order chi connectivity index (χ1) is 18.4. The third-order valence-electron chi connectivity index (χ3n) is 5.51. The van der Waals surface area contributed by atoms with Crippen molar-refractivity contribution in [1.29, 1.82) is 0 Å². The van der Waals surface area contributed by atoms with E-state index in [0.29, 0.717) is 36.0 Å². The first kappa shape index (κ1) is 33.6. The Bertz CT molecular complexity index is 1770. The van der Waals surface area contributed by atoms with Gasteiger partial charge in [-0.2, -0.15) is 0 Å². The van der Waals surface area contributed by atoms with E-state index in [4.69, 9.17) is 23.2 Å². The van der Waals surface area contributed by atoms with Crippen molar-refractivity contribution in [1.82, 2.24) is 9.97 Å². The Labute approximate surface area is 272 Å². The van der Waals surface area contributed by atoms with Gasteiger partial charge in [0.2, 0.25) is 5.01 Å². The van der Waals surface area contributed by atoms with E-state index < -0.39 is 31.7 Å². The third-order valence-corrected chi connectivity index (χ3v) is 9.41. The third kappa shape index (κ3) is 10.1. The van der Waals surface area contributed by atoms with Crippen LogP contribution in [-0.4, -0.2) is 54.0 Å². The first-order valence-electron chi connectivity index (χ1n) is 11.7. The molecule has 0 atom stereocenters. The van der Waals surface area contributed by atoms with Gasteiger partial charge >= 0.3 is 35.2 Å². The van der Waals surface area contributed by atoms with Crippen LogP contribution in [0.3, 0.4) is 0 Å². The van der Waals surface area contributed by atoms with Gasteiger partial charge in [-0.3, -0.25) is 0 Å². The van der Waals surface area contributed by atoms with Crippen LogP contribution >= 0.6 is 45.9 Å². The Balaban J connectivity index is 0.00000441. The van der Waals surface area contributed by atoms with Gasteiger partial charge in [-0.25, -0.2) is 26.4 Å². The van der Waals surface area contributed by atoms with Crippen LogP contribution in [0.15, 0.2) is 29.6 Å². The maximum absolute atomic E-state index is 10.8. The van der Waals surface area contributed by atoms with E-state index in [1.54, 1.807) is 12.4 Å². The van der Waals surface area contributed by atoms with E-state index in [2.05, 4.69) is 9.97 Å². The van der Waals surface area contributed by atoms with Crippen LogP contribution in [0.5, 0.6) is 0 Å². The number of aromatic nitrogens is 3. The molecule has 4 heterocycles. The number of hydrogen-bond acceptors (Lipinski definition) is 11. The van der Waals surface area contributed by atoms with Gasteiger partial charge in [0.1, 0.15) is 15.6 Å². The van der Waals surface area contributed by atoms with Crippen molar-refractivity contribution in [3.05, 3.63) is 48.8 Å². The Morgan fingerprint density at radius 1 is 1.00 bits per heavy atom. The van der Waals surface area contributed by atoms with Gasteiger partial charge in [0, 0.05) is 30.3 Å². The number of fused-ring (bicyclic) bond motifs is 2. The number of halogens is 2. The second-order valence-corrected chi connectivity index (χ2v) is 14.7. The quantitative estimate of drug-likeness (QED) is 0.108. The standard InChI is InChI=1S/C23H24Cl2N4O6S4.Na/c24-16-12-18-22(28(14-16)8-1-3-10-38(30,31)32)26-20(36-18)6-5-7-21-27-23-19(37-21)13-17(25)15-29(23)9-2-4-11-39(33,34)35;/h5-7,12-15H,1-4,8-11H2,(H-,30,31,32,33,34,35);/q;+1/p-1. The molecule has 0 saturated carbocycles. The van der Waals surface area contributed by atoms with Crippen molar-refractivity contribution in [2.45, 2.75) is 32.2 Å². The number of anilines is 1. The molecule has 1 aliphatic heterocycles. The summed E-state index contributed by atoms with van der Waals surface area (Å²) in [5.41, 5.74) is 0.717. The van der Waals surface area contributed by atoms with Crippen molar-refractivity contribution in [2.75, 3.05) is 23.0 Å². The normalized spacial score (nSPS) is 14.3. The molecule has 40 heavy (non-hydrogen) atoms. The summed E-state index contributed by atoms with van der Waals surface area (Å²) in [6.07, 6.45) is 12.3. The number of unbranched alkanes of at least 4 members (excludes halogenated alkanes) is 2. The zero-order valence-corrected chi connectivity index (χ0v) is 28.1. The molecular formula is C23H23Cl2N4NaO6S4. The maximum atomic E-state index is 10.8. The molecule has 0 unspecified atom stereocenters. The predicted octanol–water partition coefficient (Wildman–Crippen LogP) is -0.477. The molecule has 0 fully saturated rings. The molecule has 17 heteroatoms. The fourth-order valence-electron chi connectivity index (χ4n) is 3.84. The molecule has 0 N–H and O–H groups in total. The summed E-state index contributed by atoms with van der Waals surface area (Å²) in [6, 6.07) is 1.82. The molecule has 3 aromatic rings. The molecule has 4 rings (SSSR count). The minimum atomic E-state index is -4.24. The average Bonchev–Trinajstić information content (AvgIpc) is 3.41. The van der Waals surface area contributed by atoms with Gasteiger partial charge in [0.25, 0.3) is 0 Å². The van der Waals surface area contributed by atoms with Crippen LogP contribution in [0.1, 0.15) is 30.7 Å². The summed E-state index contributed by atoms with van der Waals surface area (Å²) in [5, 5.41) is 1.80. The van der Waals surface area contributed by atoms with Gasteiger partial charge in [0.15, 0.2) is 5.82 Å².